The van der Waals surface area contributed by atoms with Gasteiger partial charge in [-0.1, -0.05) is 18.2 Å². The van der Waals surface area contributed by atoms with Crippen LogP contribution < -0.4 is 5.32 Å². The summed E-state index contributed by atoms with van der Waals surface area (Å²) in [6, 6.07) is 1.30. The number of anilines is 1. The molecule has 1 aliphatic heterocycles. The Balaban J connectivity index is 1.89. The van der Waals surface area contributed by atoms with Crippen LogP contribution in [0.25, 0.3) is 5.57 Å². The molecule has 23 heavy (non-hydrogen) atoms. The maximum absolute atomic E-state index is 14.2. The molecular formula is C16H10F3N3O. The second kappa shape index (κ2) is 4.84. The molecule has 116 valence electrons. The Morgan fingerprint density at radius 3 is 2.57 bits per heavy atom. The summed E-state index contributed by atoms with van der Waals surface area (Å²) in [5.74, 6) is -4.11. The van der Waals surface area contributed by atoms with Crippen molar-refractivity contribution in [2.24, 2.45) is 0 Å². The van der Waals surface area contributed by atoms with Crippen LogP contribution in [-0.4, -0.2) is 16.1 Å². The van der Waals surface area contributed by atoms with Crippen LogP contribution in [0.15, 0.2) is 30.4 Å². The van der Waals surface area contributed by atoms with E-state index in [0.29, 0.717) is 17.3 Å². The topological polar surface area (TPSA) is 57.8 Å². The predicted molar refractivity (Wildman–Crippen MR) is 77.1 cm³/mol. The van der Waals surface area contributed by atoms with E-state index >= 15 is 0 Å². The molecule has 7 heteroatoms. The Kier molecular flexibility index (Phi) is 2.90. The van der Waals surface area contributed by atoms with Crippen LogP contribution >= 0.6 is 0 Å². The molecule has 1 aromatic carbocycles. The molecule has 0 bridgehead atoms. The number of benzene rings is 1. The van der Waals surface area contributed by atoms with Crippen LogP contribution in [0, 0.1) is 17.5 Å². The molecule has 2 heterocycles. The van der Waals surface area contributed by atoms with Gasteiger partial charge in [0.25, 0.3) is 0 Å². The Labute approximate surface area is 128 Å². The molecule has 1 amide bonds. The number of halogens is 3. The van der Waals surface area contributed by atoms with Gasteiger partial charge >= 0.3 is 0 Å². The first-order valence-electron chi connectivity index (χ1n) is 6.96. The molecule has 1 aromatic heterocycles. The van der Waals surface area contributed by atoms with Gasteiger partial charge in [0.05, 0.1) is 5.69 Å². The molecule has 2 aliphatic rings. The third-order valence-electron chi connectivity index (χ3n) is 4.06. The van der Waals surface area contributed by atoms with Gasteiger partial charge in [-0.05, 0) is 17.2 Å². The number of nitrogens with one attached hydrogen (secondary N) is 2. The molecular weight excluding hydrogens is 307 g/mol. The van der Waals surface area contributed by atoms with Crippen LogP contribution in [0.3, 0.4) is 0 Å². The van der Waals surface area contributed by atoms with Crippen LogP contribution in [0.5, 0.6) is 0 Å². The van der Waals surface area contributed by atoms with Crippen molar-refractivity contribution in [2.75, 3.05) is 5.32 Å². The number of carbonyl (C=O) groups excluding carboxylic acids is 1. The maximum Gasteiger partial charge on any atom is 0.226 e. The highest BCUT2D eigenvalue weighted by atomic mass is 19.2. The number of aromatic amines is 1. The molecule has 0 saturated heterocycles. The van der Waals surface area contributed by atoms with Gasteiger partial charge in [-0.2, -0.15) is 5.10 Å². The molecule has 2 N–H and O–H groups in total. The number of allylic oxidation sites excluding steroid dienone is 4. The smallest absolute Gasteiger partial charge is 0.226 e. The van der Waals surface area contributed by atoms with Crippen molar-refractivity contribution in [1.29, 1.82) is 0 Å². The van der Waals surface area contributed by atoms with E-state index < -0.39 is 23.4 Å². The van der Waals surface area contributed by atoms with Crippen molar-refractivity contribution in [1.82, 2.24) is 10.2 Å². The second-order valence-electron chi connectivity index (χ2n) is 5.43. The first-order valence-corrected chi connectivity index (χ1v) is 6.96. The van der Waals surface area contributed by atoms with E-state index in [4.69, 9.17) is 0 Å². The fourth-order valence-corrected chi connectivity index (χ4v) is 2.91. The van der Waals surface area contributed by atoms with Crippen molar-refractivity contribution in [3.63, 3.8) is 0 Å². The zero-order chi connectivity index (χ0) is 16.1. The van der Waals surface area contributed by atoms with E-state index in [9.17, 15) is 18.0 Å². The summed E-state index contributed by atoms with van der Waals surface area (Å²) in [5, 5.41) is 9.45. The number of hydrogen-bond donors (Lipinski definition) is 2. The Hall–Kier alpha value is -2.83. The highest BCUT2D eigenvalue weighted by Crippen LogP contribution is 2.42. The lowest BCUT2D eigenvalue weighted by Gasteiger charge is -2.24. The Bertz CT molecular complexity index is 898. The van der Waals surface area contributed by atoms with E-state index in [1.807, 2.05) is 18.2 Å². The van der Waals surface area contributed by atoms with Gasteiger partial charge in [-0.3, -0.25) is 9.89 Å². The largest absolute Gasteiger partial charge is 0.309 e. The van der Waals surface area contributed by atoms with Gasteiger partial charge in [-0.25, -0.2) is 13.2 Å². The Morgan fingerprint density at radius 2 is 1.87 bits per heavy atom. The number of hydrogen-bond acceptors (Lipinski definition) is 2. The number of carbonyl (C=O) groups is 1. The molecule has 1 unspecified atom stereocenters. The van der Waals surface area contributed by atoms with Crippen molar-refractivity contribution in [3.8, 4) is 0 Å². The van der Waals surface area contributed by atoms with Gasteiger partial charge < -0.3 is 5.32 Å². The van der Waals surface area contributed by atoms with Gasteiger partial charge in [0, 0.05) is 24.0 Å². The number of aromatic nitrogens is 2. The summed E-state index contributed by atoms with van der Waals surface area (Å²) in [5.41, 5.74) is 2.00. The zero-order valence-electron chi connectivity index (χ0n) is 11.7. The van der Waals surface area contributed by atoms with Crippen LogP contribution in [0.1, 0.15) is 29.2 Å². The monoisotopic (exact) mass is 317 g/mol. The summed E-state index contributed by atoms with van der Waals surface area (Å²) in [6.07, 6.45) is 5.43. The van der Waals surface area contributed by atoms with E-state index in [-0.39, 0.29) is 23.7 Å². The van der Waals surface area contributed by atoms with Gasteiger partial charge in [0.1, 0.15) is 5.82 Å². The SMILES string of the molecule is O=C1CC(c2cc(F)c(F)cc2F)c2c(n[nH]c2C2=CC=C2)N1. The Morgan fingerprint density at radius 1 is 1.13 bits per heavy atom. The van der Waals surface area contributed by atoms with Crippen molar-refractivity contribution in [2.45, 2.75) is 12.3 Å². The summed E-state index contributed by atoms with van der Waals surface area (Å²) in [6.45, 7) is 0. The molecule has 1 aliphatic carbocycles. The van der Waals surface area contributed by atoms with Crippen LogP contribution in [0.4, 0.5) is 19.0 Å². The van der Waals surface area contributed by atoms with E-state index in [1.54, 1.807) is 0 Å². The number of amides is 1. The summed E-state index contributed by atoms with van der Waals surface area (Å²) in [7, 11) is 0. The fourth-order valence-electron chi connectivity index (χ4n) is 2.91. The lowest BCUT2D eigenvalue weighted by atomic mass is 9.83. The predicted octanol–water partition coefficient (Wildman–Crippen LogP) is 3.25. The third-order valence-corrected chi connectivity index (χ3v) is 4.06. The van der Waals surface area contributed by atoms with Crippen molar-refractivity contribution < 1.29 is 18.0 Å². The molecule has 1 atom stereocenters. The number of H-pyrrole nitrogens is 1. The number of rotatable bonds is 2. The maximum atomic E-state index is 14.2. The molecule has 0 spiro atoms. The average molecular weight is 317 g/mol. The number of nitrogens with zero attached hydrogens (tertiary/aromatic N) is 1. The summed E-state index contributed by atoms with van der Waals surface area (Å²) >= 11 is 0. The summed E-state index contributed by atoms with van der Waals surface area (Å²) in [4.78, 5) is 11.9. The van der Waals surface area contributed by atoms with E-state index in [0.717, 1.165) is 11.6 Å². The second-order valence-corrected chi connectivity index (χ2v) is 5.43. The lowest BCUT2D eigenvalue weighted by Crippen LogP contribution is -2.24. The molecule has 4 nitrogen and oxygen atoms in total. The highest BCUT2D eigenvalue weighted by Gasteiger charge is 2.34. The molecule has 0 fully saturated rings. The zero-order valence-corrected chi connectivity index (χ0v) is 11.7. The first-order chi connectivity index (χ1) is 11.0. The fraction of sp³-hybridized carbons (Fsp3) is 0.125. The normalized spacial score (nSPS) is 19.0. The summed E-state index contributed by atoms with van der Waals surface area (Å²) < 4.78 is 40.9. The van der Waals surface area contributed by atoms with Crippen LogP contribution in [0.2, 0.25) is 0 Å². The molecule has 0 radical (unpaired) electrons. The minimum absolute atomic E-state index is 0.0634. The standard InChI is InChI=1S/C16H10F3N3O/c17-10-6-12(19)11(18)4-8(10)9-5-13(23)20-16-14(9)15(21-22-16)7-2-1-3-7/h1-4,6,9H,5H2,(H2,20,21,22,23). The van der Waals surface area contributed by atoms with Crippen LogP contribution in [-0.2, 0) is 4.79 Å². The van der Waals surface area contributed by atoms with Crippen molar-refractivity contribution in [3.05, 3.63) is 64.6 Å². The van der Waals surface area contributed by atoms with Crippen molar-refractivity contribution >= 4 is 17.3 Å². The minimum atomic E-state index is -1.26. The quantitative estimate of drug-likeness (QED) is 0.835. The average Bonchev–Trinajstić information content (AvgIpc) is 2.84. The van der Waals surface area contributed by atoms with E-state index in [1.165, 1.54) is 0 Å². The molecule has 0 saturated carbocycles. The number of fused-ring (bicyclic) bond motifs is 1. The molecule has 2 aromatic rings. The van der Waals surface area contributed by atoms with E-state index in [2.05, 4.69) is 15.5 Å². The van der Waals surface area contributed by atoms with Gasteiger partial charge in [-0.15, -0.1) is 0 Å². The highest BCUT2D eigenvalue weighted by molar-refractivity contribution is 5.96. The lowest BCUT2D eigenvalue weighted by molar-refractivity contribution is -0.116. The van der Waals surface area contributed by atoms with Gasteiger partial charge in [0.15, 0.2) is 17.5 Å². The molecule has 4 rings (SSSR count). The van der Waals surface area contributed by atoms with Gasteiger partial charge in [0.2, 0.25) is 5.91 Å². The first kappa shape index (κ1) is 13.8. The third kappa shape index (κ3) is 2.08. The minimum Gasteiger partial charge on any atom is -0.309 e.